The fourth-order valence-corrected chi connectivity index (χ4v) is 5.07. The van der Waals surface area contributed by atoms with Crippen molar-refractivity contribution in [1.29, 1.82) is 0 Å². The fourth-order valence-electron chi connectivity index (χ4n) is 5.07. The lowest BCUT2D eigenvalue weighted by atomic mass is 9.78. The van der Waals surface area contributed by atoms with Crippen LogP contribution in [-0.2, 0) is 28.5 Å². The van der Waals surface area contributed by atoms with E-state index in [1.807, 2.05) is 0 Å². The van der Waals surface area contributed by atoms with Crippen LogP contribution in [0.3, 0.4) is 0 Å². The Morgan fingerprint density at radius 2 is 1.27 bits per heavy atom. The van der Waals surface area contributed by atoms with E-state index >= 15 is 0 Å². The van der Waals surface area contributed by atoms with E-state index in [1.54, 1.807) is 30.5 Å². The minimum Gasteiger partial charge on any atom is -0.358 e. The van der Waals surface area contributed by atoms with E-state index in [1.165, 1.54) is 67.0 Å². The first-order valence-corrected chi connectivity index (χ1v) is 13.5. The molecular weight excluding hydrogens is 570 g/mol. The van der Waals surface area contributed by atoms with Gasteiger partial charge in [-0.1, -0.05) is 24.3 Å². The number of hydrogen-bond acceptors (Lipinski definition) is 8. The van der Waals surface area contributed by atoms with Crippen molar-refractivity contribution in [2.75, 3.05) is 0 Å². The lowest BCUT2D eigenvalue weighted by molar-refractivity contribution is -0.220. The molecule has 0 fully saturated rings. The maximum atomic E-state index is 14.1. The third-order valence-corrected chi connectivity index (χ3v) is 7.32. The molecule has 0 radical (unpaired) electrons. The van der Waals surface area contributed by atoms with Crippen LogP contribution in [0.25, 0.3) is 10.9 Å². The summed E-state index contributed by atoms with van der Waals surface area (Å²) in [6, 6.07) is 18.7. The molecule has 2 aromatic carbocycles. The van der Waals surface area contributed by atoms with E-state index in [4.69, 9.17) is 0 Å². The molecule has 6 rings (SSSR count). The van der Waals surface area contributed by atoms with Crippen molar-refractivity contribution in [3.63, 3.8) is 0 Å². The highest BCUT2D eigenvalue weighted by Crippen LogP contribution is 2.41. The molecule has 1 aliphatic rings. The molecule has 4 N–H and O–H groups in total. The van der Waals surface area contributed by atoms with E-state index < -0.39 is 40.5 Å². The van der Waals surface area contributed by atoms with Gasteiger partial charge in [-0.25, -0.2) is 8.78 Å². The highest BCUT2D eigenvalue weighted by molar-refractivity contribution is 6.23. The second-order valence-corrected chi connectivity index (χ2v) is 10.1. The van der Waals surface area contributed by atoms with Crippen molar-refractivity contribution in [1.82, 2.24) is 25.6 Å². The van der Waals surface area contributed by atoms with E-state index in [9.17, 15) is 28.6 Å². The summed E-state index contributed by atoms with van der Waals surface area (Å²) < 4.78 is 27.0. The number of hydrogen-bond donors (Lipinski definition) is 4. The average Bonchev–Trinajstić information content (AvgIpc) is 3.04. The number of carbonyl (C=O) groups is 2. The lowest BCUT2D eigenvalue weighted by Crippen LogP contribution is -2.69. The molecule has 1 aliphatic heterocycles. The number of aromatic nitrogens is 3. The Bertz CT molecular complexity index is 1850. The first-order chi connectivity index (χ1) is 21.2. The van der Waals surface area contributed by atoms with Gasteiger partial charge in [-0.3, -0.25) is 29.5 Å². The minimum atomic E-state index is -3.25. The molecule has 0 aliphatic carbocycles. The van der Waals surface area contributed by atoms with Crippen molar-refractivity contribution >= 4 is 28.4 Å². The van der Waals surface area contributed by atoms with Gasteiger partial charge in [0.25, 0.3) is 23.1 Å². The Labute approximate surface area is 249 Å². The van der Waals surface area contributed by atoms with E-state index in [-0.39, 0.29) is 30.1 Å². The van der Waals surface area contributed by atoms with Crippen molar-refractivity contribution in [3.8, 4) is 0 Å². The zero-order valence-corrected chi connectivity index (χ0v) is 22.9. The molecule has 5 aromatic rings. The highest BCUT2D eigenvalue weighted by Gasteiger charge is 2.66. The molecule has 0 saturated heterocycles. The normalized spacial score (nSPS) is 14.8. The summed E-state index contributed by atoms with van der Waals surface area (Å²) in [6.07, 6.45) is 4.36. The van der Waals surface area contributed by atoms with Crippen LogP contribution in [0.1, 0.15) is 28.1 Å². The van der Waals surface area contributed by atoms with Gasteiger partial charge in [-0.05, 0) is 65.7 Å². The number of carbonyl (C=O) groups excluding carboxylic acids is 2. The highest BCUT2D eigenvalue weighted by atomic mass is 19.1. The molecule has 0 bridgehead atoms. The molecule has 0 spiro atoms. The summed E-state index contributed by atoms with van der Waals surface area (Å²) >= 11 is 0. The number of aliphatic hydroxyl groups is 2. The second kappa shape index (κ2) is 11.3. The third kappa shape index (κ3) is 4.95. The molecule has 4 heterocycles. The number of pyridine rings is 3. The van der Waals surface area contributed by atoms with E-state index in [0.717, 1.165) is 0 Å². The van der Waals surface area contributed by atoms with Crippen LogP contribution in [0.5, 0.6) is 0 Å². The molecule has 0 atom stereocenters. The first-order valence-electron chi connectivity index (χ1n) is 13.5. The Balaban J connectivity index is 1.52. The molecule has 220 valence electrons. The van der Waals surface area contributed by atoms with Crippen LogP contribution in [0.2, 0.25) is 0 Å². The number of fused-ring (bicyclic) bond motifs is 2. The molecular formula is C32H24F2N6O4. The van der Waals surface area contributed by atoms with Crippen molar-refractivity contribution in [2.45, 2.75) is 24.4 Å². The zero-order valence-electron chi connectivity index (χ0n) is 22.9. The molecule has 10 nitrogen and oxygen atoms in total. The number of amides is 2. The summed E-state index contributed by atoms with van der Waals surface area (Å²) in [6.45, 7) is -0.392. The zero-order chi connectivity index (χ0) is 30.9. The molecule has 0 saturated carbocycles. The lowest BCUT2D eigenvalue weighted by Gasteiger charge is -2.41. The molecule has 3 aromatic heterocycles. The fraction of sp³-hybridized carbons (Fsp3) is 0.125. The molecule has 44 heavy (non-hydrogen) atoms. The SMILES string of the molecule is O=C(NCc1ccc(F)cc1)C1(C(=O)NCc2ccc(F)cc2)N=C(c2nccc3ncccc23)c2cccnc2C1(O)O. The maximum absolute atomic E-state index is 14.1. The topological polar surface area (TPSA) is 150 Å². The second-order valence-electron chi connectivity index (χ2n) is 10.1. The van der Waals surface area contributed by atoms with Crippen molar-refractivity contribution < 1.29 is 28.6 Å². The molecule has 12 heteroatoms. The maximum Gasteiger partial charge on any atom is 0.276 e. The summed E-state index contributed by atoms with van der Waals surface area (Å²) in [5, 5.41) is 29.1. The van der Waals surface area contributed by atoms with Gasteiger partial charge in [0, 0.05) is 42.6 Å². The van der Waals surface area contributed by atoms with E-state index in [0.29, 0.717) is 22.0 Å². The number of halogens is 2. The monoisotopic (exact) mass is 594 g/mol. The Morgan fingerprint density at radius 3 is 1.89 bits per heavy atom. The molecule has 0 unspecified atom stereocenters. The van der Waals surface area contributed by atoms with Crippen molar-refractivity contribution in [3.05, 3.63) is 137 Å². The number of aliphatic imine (C=N–C) groups is 1. The first kappa shape index (κ1) is 28.6. The predicted octanol–water partition coefficient (Wildman–Crippen LogP) is 2.66. The smallest absolute Gasteiger partial charge is 0.276 e. The van der Waals surface area contributed by atoms with Crippen LogP contribution in [-0.4, -0.2) is 48.2 Å². The third-order valence-electron chi connectivity index (χ3n) is 7.32. The number of nitrogens with one attached hydrogen (secondary N) is 2. The van der Waals surface area contributed by atoms with Crippen LogP contribution >= 0.6 is 0 Å². The number of rotatable bonds is 7. The summed E-state index contributed by atoms with van der Waals surface area (Å²) in [7, 11) is 0. The van der Waals surface area contributed by atoms with Crippen LogP contribution in [0, 0.1) is 11.6 Å². The predicted molar refractivity (Wildman–Crippen MR) is 155 cm³/mol. The van der Waals surface area contributed by atoms with Gasteiger partial charge in [0.2, 0.25) is 0 Å². The van der Waals surface area contributed by atoms with Gasteiger partial charge >= 0.3 is 0 Å². The van der Waals surface area contributed by atoms with E-state index in [2.05, 4.69) is 30.6 Å². The Morgan fingerprint density at radius 1 is 0.705 bits per heavy atom. The Kier molecular flexibility index (Phi) is 7.37. The summed E-state index contributed by atoms with van der Waals surface area (Å²) in [5.41, 5.74) is -1.50. The van der Waals surface area contributed by atoms with Gasteiger partial charge in [0.15, 0.2) is 0 Å². The van der Waals surface area contributed by atoms with Crippen LogP contribution < -0.4 is 10.6 Å². The standard InChI is InChI=1S/C32H24F2N6O4/c33-21-9-5-19(6-10-21)17-38-29(41)31(30(42)39-18-20-7-11-22(34)12-8-20)32(43,44)28-24(4-2-15-37-28)27(40-31)26-23-3-1-14-35-25(23)13-16-36-26/h1-16,43-44H,17-18H2,(H,38,41)(H,39,42). The average molecular weight is 595 g/mol. The van der Waals surface area contributed by atoms with Gasteiger partial charge in [-0.15, -0.1) is 0 Å². The largest absolute Gasteiger partial charge is 0.358 e. The summed E-state index contributed by atoms with van der Waals surface area (Å²) in [4.78, 5) is 45.8. The number of benzene rings is 2. The number of nitrogens with zero attached hydrogens (tertiary/aromatic N) is 4. The van der Waals surface area contributed by atoms with Crippen molar-refractivity contribution in [2.24, 2.45) is 4.99 Å². The van der Waals surface area contributed by atoms with Gasteiger partial charge < -0.3 is 20.8 Å². The minimum absolute atomic E-state index is 0.000658. The van der Waals surface area contributed by atoms with Crippen LogP contribution in [0.4, 0.5) is 8.78 Å². The van der Waals surface area contributed by atoms with Gasteiger partial charge in [-0.2, -0.15) is 0 Å². The van der Waals surface area contributed by atoms with Gasteiger partial charge in [0.05, 0.1) is 16.9 Å². The Hall–Kier alpha value is -5.46. The quantitative estimate of drug-likeness (QED) is 0.167. The summed E-state index contributed by atoms with van der Waals surface area (Å²) in [5.74, 6) is -6.56. The van der Waals surface area contributed by atoms with Crippen LogP contribution in [0.15, 0.2) is 102 Å². The van der Waals surface area contributed by atoms with Gasteiger partial charge in [0.1, 0.15) is 17.3 Å². The molecule has 2 amide bonds.